The topological polar surface area (TPSA) is 48.0 Å². The highest BCUT2D eigenvalue weighted by molar-refractivity contribution is 5.77. The number of benzene rings is 2. The maximum atomic E-state index is 12.2. The van der Waals surface area contributed by atoms with Crippen molar-refractivity contribution in [3.8, 4) is 17.2 Å². The molecule has 5 nitrogen and oxygen atoms in total. The maximum Gasteiger partial charge on any atom is 0.260 e. The fourth-order valence-electron chi connectivity index (χ4n) is 2.15. The number of ether oxygens (including phenoxy) is 3. The van der Waals surface area contributed by atoms with Crippen LogP contribution in [0.1, 0.15) is 12.5 Å². The summed E-state index contributed by atoms with van der Waals surface area (Å²) >= 11 is 0. The number of methoxy groups -OCH3 is 1. The average Bonchev–Trinajstić information content (AvgIpc) is 2.61. The highest BCUT2D eigenvalue weighted by Gasteiger charge is 2.10. The molecule has 24 heavy (non-hydrogen) atoms. The summed E-state index contributed by atoms with van der Waals surface area (Å²) in [5.74, 6) is 2.14. The zero-order chi connectivity index (χ0) is 17.4. The third-order valence-corrected chi connectivity index (χ3v) is 3.50. The van der Waals surface area contributed by atoms with E-state index >= 15 is 0 Å². The minimum Gasteiger partial charge on any atom is -0.497 e. The van der Waals surface area contributed by atoms with Gasteiger partial charge in [0.15, 0.2) is 6.61 Å². The molecular weight excluding hydrogens is 306 g/mol. The Hall–Kier alpha value is -2.69. The lowest BCUT2D eigenvalue weighted by Gasteiger charge is -2.18. The summed E-state index contributed by atoms with van der Waals surface area (Å²) in [4.78, 5) is 13.8. The van der Waals surface area contributed by atoms with Crippen LogP contribution in [-0.4, -0.2) is 38.2 Å². The molecule has 2 rings (SSSR count). The van der Waals surface area contributed by atoms with E-state index in [1.165, 1.54) is 0 Å². The fourth-order valence-corrected chi connectivity index (χ4v) is 2.15. The van der Waals surface area contributed by atoms with E-state index in [0.717, 1.165) is 17.1 Å². The molecule has 0 spiro atoms. The molecule has 0 saturated heterocycles. The van der Waals surface area contributed by atoms with Crippen LogP contribution in [0.3, 0.4) is 0 Å². The molecule has 2 aromatic carbocycles. The Labute approximate surface area is 142 Å². The van der Waals surface area contributed by atoms with Gasteiger partial charge in [-0.2, -0.15) is 0 Å². The van der Waals surface area contributed by atoms with Crippen LogP contribution in [0.15, 0.2) is 48.5 Å². The van der Waals surface area contributed by atoms with Crippen LogP contribution in [0, 0.1) is 0 Å². The number of likely N-dealkylation sites (N-methyl/N-ethyl adjacent to an activating group) is 1. The van der Waals surface area contributed by atoms with Gasteiger partial charge < -0.3 is 19.1 Å². The van der Waals surface area contributed by atoms with Crippen LogP contribution < -0.4 is 14.2 Å². The van der Waals surface area contributed by atoms with Gasteiger partial charge in [-0.1, -0.05) is 12.1 Å². The molecule has 0 heterocycles. The smallest absolute Gasteiger partial charge is 0.260 e. The molecule has 1 amide bonds. The first kappa shape index (κ1) is 17.7. The standard InChI is InChI=1S/C19H23NO4/c1-4-23-17-9-11-18(12-10-17)24-14-19(21)20(2)13-15-5-7-16(22-3)8-6-15/h5-12H,4,13-14H2,1-3H3. The van der Waals surface area contributed by atoms with Crippen molar-refractivity contribution in [1.29, 1.82) is 0 Å². The molecule has 0 unspecified atom stereocenters. The zero-order valence-corrected chi connectivity index (χ0v) is 14.3. The third-order valence-electron chi connectivity index (χ3n) is 3.50. The van der Waals surface area contributed by atoms with Crippen LogP contribution >= 0.6 is 0 Å². The molecular formula is C19H23NO4. The van der Waals surface area contributed by atoms with Crippen LogP contribution in [0.4, 0.5) is 0 Å². The number of hydrogen-bond acceptors (Lipinski definition) is 4. The second-order valence-corrected chi connectivity index (χ2v) is 5.29. The van der Waals surface area contributed by atoms with Gasteiger partial charge in [0.25, 0.3) is 5.91 Å². The lowest BCUT2D eigenvalue weighted by Crippen LogP contribution is -2.30. The number of rotatable bonds is 8. The van der Waals surface area contributed by atoms with Crippen LogP contribution in [-0.2, 0) is 11.3 Å². The predicted octanol–water partition coefficient (Wildman–Crippen LogP) is 3.13. The Kier molecular flexibility index (Phi) is 6.49. The minimum absolute atomic E-state index is 0.000631. The van der Waals surface area contributed by atoms with Gasteiger partial charge in [-0.15, -0.1) is 0 Å². The molecule has 0 aliphatic heterocycles. The van der Waals surface area contributed by atoms with Gasteiger partial charge >= 0.3 is 0 Å². The fraction of sp³-hybridized carbons (Fsp3) is 0.316. The Bertz CT molecular complexity index is 637. The first-order chi connectivity index (χ1) is 11.6. The molecule has 0 atom stereocenters. The summed E-state index contributed by atoms with van der Waals surface area (Å²) < 4.78 is 16.0. The molecule has 0 aliphatic carbocycles. The summed E-state index contributed by atoms with van der Waals surface area (Å²) in [5.41, 5.74) is 1.03. The molecule has 0 aromatic heterocycles. The van der Waals surface area contributed by atoms with E-state index in [1.807, 2.05) is 43.3 Å². The Morgan fingerprint density at radius 1 is 0.917 bits per heavy atom. The normalized spacial score (nSPS) is 10.1. The lowest BCUT2D eigenvalue weighted by molar-refractivity contribution is -0.132. The second kappa shape index (κ2) is 8.82. The highest BCUT2D eigenvalue weighted by Crippen LogP contribution is 2.17. The van der Waals surface area contributed by atoms with Crippen molar-refractivity contribution in [1.82, 2.24) is 4.90 Å². The molecule has 0 radical (unpaired) electrons. The van der Waals surface area contributed by atoms with Crippen LogP contribution in [0.2, 0.25) is 0 Å². The van der Waals surface area contributed by atoms with Crippen molar-refractivity contribution in [2.75, 3.05) is 27.4 Å². The van der Waals surface area contributed by atoms with Gasteiger partial charge in [0.05, 0.1) is 13.7 Å². The van der Waals surface area contributed by atoms with Crippen LogP contribution in [0.5, 0.6) is 17.2 Å². The van der Waals surface area contributed by atoms with E-state index in [4.69, 9.17) is 14.2 Å². The van der Waals surface area contributed by atoms with E-state index in [-0.39, 0.29) is 12.5 Å². The van der Waals surface area contributed by atoms with Crippen molar-refractivity contribution in [2.45, 2.75) is 13.5 Å². The first-order valence-corrected chi connectivity index (χ1v) is 7.85. The molecule has 0 saturated carbocycles. The molecule has 5 heteroatoms. The van der Waals surface area contributed by atoms with Crippen molar-refractivity contribution < 1.29 is 19.0 Å². The maximum absolute atomic E-state index is 12.2. The number of carbonyl (C=O) groups is 1. The summed E-state index contributed by atoms with van der Waals surface area (Å²) in [6, 6.07) is 14.9. The van der Waals surface area contributed by atoms with E-state index in [9.17, 15) is 4.79 Å². The van der Waals surface area contributed by atoms with E-state index in [2.05, 4.69) is 0 Å². The minimum atomic E-state index is -0.0836. The molecule has 0 aliphatic rings. The van der Waals surface area contributed by atoms with Gasteiger partial charge in [0.2, 0.25) is 0 Å². The number of hydrogen-bond donors (Lipinski definition) is 0. The Morgan fingerprint density at radius 3 is 2.00 bits per heavy atom. The van der Waals surface area contributed by atoms with Gasteiger partial charge in [-0.25, -0.2) is 0 Å². The molecule has 128 valence electrons. The summed E-state index contributed by atoms with van der Waals surface area (Å²) in [7, 11) is 3.39. The van der Waals surface area contributed by atoms with Gasteiger partial charge in [0, 0.05) is 13.6 Å². The predicted molar refractivity (Wildman–Crippen MR) is 92.6 cm³/mol. The van der Waals surface area contributed by atoms with E-state index in [0.29, 0.717) is 18.9 Å². The summed E-state index contributed by atoms with van der Waals surface area (Å²) in [5, 5.41) is 0. The third kappa shape index (κ3) is 5.19. The van der Waals surface area contributed by atoms with Crippen LogP contribution in [0.25, 0.3) is 0 Å². The quantitative estimate of drug-likeness (QED) is 0.746. The lowest BCUT2D eigenvalue weighted by atomic mass is 10.2. The SMILES string of the molecule is CCOc1ccc(OCC(=O)N(C)Cc2ccc(OC)cc2)cc1. The summed E-state index contributed by atoms with van der Waals surface area (Å²) in [6.07, 6.45) is 0. The molecule has 0 fully saturated rings. The highest BCUT2D eigenvalue weighted by atomic mass is 16.5. The van der Waals surface area contributed by atoms with Crippen molar-refractivity contribution in [3.05, 3.63) is 54.1 Å². The molecule has 2 aromatic rings. The average molecular weight is 329 g/mol. The Morgan fingerprint density at radius 2 is 1.46 bits per heavy atom. The van der Waals surface area contributed by atoms with Crippen molar-refractivity contribution in [3.63, 3.8) is 0 Å². The molecule has 0 N–H and O–H groups in total. The number of carbonyl (C=O) groups excluding carboxylic acids is 1. The van der Waals surface area contributed by atoms with Gasteiger partial charge in [0.1, 0.15) is 17.2 Å². The van der Waals surface area contributed by atoms with Crippen molar-refractivity contribution in [2.24, 2.45) is 0 Å². The largest absolute Gasteiger partial charge is 0.497 e. The van der Waals surface area contributed by atoms with Gasteiger partial charge in [-0.05, 0) is 48.9 Å². The van der Waals surface area contributed by atoms with Crippen molar-refractivity contribution >= 4 is 5.91 Å². The summed E-state index contributed by atoms with van der Waals surface area (Å²) in [6.45, 7) is 3.08. The second-order valence-electron chi connectivity index (χ2n) is 5.29. The monoisotopic (exact) mass is 329 g/mol. The number of amides is 1. The molecule has 0 bridgehead atoms. The number of nitrogens with zero attached hydrogens (tertiary/aromatic N) is 1. The Balaban J connectivity index is 1.82. The first-order valence-electron chi connectivity index (χ1n) is 7.85. The van der Waals surface area contributed by atoms with Gasteiger partial charge in [-0.3, -0.25) is 4.79 Å². The van der Waals surface area contributed by atoms with E-state index < -0.39 is 0 Å². The zero-order valence-electron chi connectivity index (χ0n) is 14.3. The van der Waals surface area contributed by atoms with E-state index in [1.54, 1.807) is 31.2 Å².